The zero-order valence-corrected chi connectivity index (χ0v) is 17.4. The second kappa shape index (κ2) is 10.1. The smallest absolute Gasteiger partial charge is 0.254 e. The minimum absolute atomic E-state index is 0. The molecule has 2 amide bonds. The highest BCUT2D eigenvalue weighted by Gasteiger charge is 2.26. The fourth-order valence-electron chi connectivity index (χ4n) is 3.23. The molecule has 1 aliphatic heterocycles. The third-order valence-electron chi connectivity index (χ3n) is 4.92. The van der Waals surface area contributed by atoms with Crippen molar-refractivity contribution in [3.8, 4) is 11.5 Å². The van der Waals surface area contributed by atoms with E-state index >= 15 is 0 Å². The van der Waals surface area contributed by atoms with Gasteiger partial charge in [0, 0.05) is 43.9 Å². The molecule has 0 atom stereocenters. The first-order valence-electron chi connectivity index (χ1n) is 9.17. The number of methoxy groups -OCH3 is 2. The fourth-order valence-corrected chi connectivity index (χ4v) is 3.23. The van der Waals surface area contributed by atoms with Crippen molar-refractivity contribution in [2.45, 2.75) is 6.54 Å². The average Bonchev–Trinajstić information content (AvgIpc) is 2.77. The molecule has 0 saturated carbocycles. The van der Waals surface area contributed by atoms with Gasteiger partial charge in [0.1, 0.15) is 0 Å². The van der Waals surface area contributed by atoms with Crippen LogP contribution in [0.5, 0.6) is 11.5 Å². The molecule has 1 aliphatic rings. The summed E-state index contributed by atoms with van der Waals surface area (Å²) in [6.07, 6.45) is 0. The van der Waals surface area contributed by atoms with Gasteiger partial charge in [-0.15, -0.1) is 12.4 Å². The Bertz CT molecular complexity index is 850. The molecule has 8 heteroatoms. The molecule has 2 aromatic carbocycles. The molecule has 7 nitrogen and oxygen atoms in total. The van der Waals surface area contributed by atoms with E-state index in [1.165, 1.54) is 7.11 Å². The van der Waals surface area contributed by atoms with Crippen LogP contribution in [0.25, 0.3) is 0 Å². The summed E-state index contributed by atoms with van der Waals surface area (Å²) in [7, 11) is 3.09. The van der Waals surface area contributed by atoms with Crippen molar-refractivity contribution in [3.63, 3.8) is 0 Å². The molecular weight excluding hydrogens is 394 g/mol. The lowest BCUT2D eigenvalue weighted by molar-refractivity contribution is 0.0535. The zero-order valence-electron chi connectivity index (χ0n) is 16.6. The van der Waals surface area contributed by atoms with Crippen LogP contribution in [0.15, 0.2) is 42.5 Å². The number of carbonyl (C=O) groups is 2. The summed E-state index contributed by atoms with van der Waals surface area (Å²) < 4.78 is 10.5. The van der Waals surface area contributed by atoms with Gasteiger partial charge in [0.25, 0.3) is 11.8 Å². The van der Waals surface area contributed by atoms with Crippen LogP contribution in [0.4, 0.5) is 0 Å². The average molecular weight is 420 g/mol. The third kappa shape index (κ3) is 4.99. The minimum Gasteiger partial charge on any atom is -0.493 e. The number of benzene rings is 2. The summed E-state index contributed by atoms with van der Waals surface area (Å²) in [4.78, 5) is 29.0. The lowest BCUT2D eigenvalue weighted by Gasteiger charge is -2.35. The van der Waals surface area contributed by atoms with E-state index in [1.54, 1.807) is 47.2 Å². The molecule has 0 radical (unpaired) electrons. The Labute approximate surface area is 176 Å². The van der Waals surface area contributed by atoms with Crippen molar-refractivity contribution in [2.75, 3.05) is 40.4 Å². The number of piperazine rings is 1. The van der Waals surface area contributed by atoms with E-state index in [4.69, 9.17) is 15.2 Å². The summed E-state index contributed by atoms with van der Waals surface area (Å²) in [6.45, 7) is 2.41. The maximum absolute atomic E-state index is 12.8. The van der Waals surface area contributed by atoms with Gasteiger partial charge in [-0.05, 0) is 35.9 Å². The number of carbonyl (C=O) groups excluding carboxylic acids is 2. The molecule has 2 aromatic rings. The van der Waals surface area contributed by atoms with Gasteiger partial charge in [0.15, 0.2) is 11.5 Å². The minimum atomic E-state index is -0.0830. The number of hydrogen-bond acceptors (Lipinski definition) is 5. The highest BCUT2D eigenvalue weighted by molar-refractivity contribution is 5.96. The van der Waals surface area contributed by atoms with E-state index in [2.05, 4.69) is 0 Å². The van der Waals surface area contributed by atoms with E-state index in [0.717, 1.165) is 5.56 Å². The SMILES string of the molecule is COc1ccc(C(=O)N2CCN(C(=O)c3ccc(CN)cc3)CC2)cc1OC.Cl. The highest BCUT2D eigenvalue weighted by atomic mass is 35.5. The van der Waals surface area contributed by atoms with Crippen molar-refractivity contribution in [1.29, 1.82) is 0 Å². The zero-order chi connectivity index (χ0) is 20.1. The molecule has 1 saturated heterocycles. The van der Waals surface area contributed by atoms with Crippen LogP contribution in [0.2, 0.25) is 0 Å². The lowest BCUT2D eigenvalue weighted by atomic mass is 10.1. The molecule has 3 rings (SSSR count). The number of amides is 2. The Hall–Kier alpha value is -2.77. The number of nitrogens with two attached hydrogens (primary N) is 1. The Morgan fingerprint density at radius 3 is 1.79 bits per heavy atom. The predicted octanol–water partition coefficient (Wildman–Crippen LogP) is 2.18. The van der Waals surface area contributed by atoms with Gasteiger partial charge >= 0.3 is 0 Å². The monoisotopic (exact) mass is 419 g/mol. The topological polar surface area (TPSA) is 85.1 Å². The molecule has 29 heavy (non-hydrogen) atoms. The maximum atomic E-state index is 12.8. The summed E-state index contributed by atoms with van der Waals surface area (Å²) in [5.74, 6) is 0.986. The quantitative estimate of drug-likeness (QED) is 0.802. The van der Waals surface area contributed by atoms with Crippen LogP contribution in [-0.4, -0.2) is 62.0 Å². The van der Waals surface area contributed by atoms with E-state index in [9.17, 15) is 9.59 Å². The van der Waals surface area contributed by atoms with Gasteiger partial charge in [-0.1, -0.05) is 12.1 Å². The first kappa shape index (κ1) is 22.5. The normalized spacial score (nSPS) is 13.5. The van der Waals surface area contributed by atoms with Crippen LogP contribution in [-0.2, 0) is 6.54 Å². The number of halogens is 1. The van der Waals surface area contributed by atoms with E-state index < -0.39 is 0 Å². The maximum Gasteiger partial charge on any atom is 0.254 e. The number of hydrogen-bond donors (Lipinski definition) is 1. The molecule has 0 bridgehead atoms. The second-order valence-corrected chi connectivity index (χ2v) is 6.56. The number of ether oxygens (including phenoxy) is 2. The summed E-state index contributed by atoms with van der Waals surface area (Å²) in [6, 6.07) is 12.4. The molecule has 1 heterocycles. The van der Waals surface area contributed by atoms with Crippen molar-refractivity contribution < 1.29 is 19.1 Å². The predicted molar refractivity (Wildman–Crippen MR) is 113 cm³/mol. The molecular formula is C21H26ClN3O4. The largest absolute Gasteiger partial charge is 0.493 e. The third-order valence-corrected chi connectivity index (χ3v) is 4.92. The standard InChI is InChI=1S/C21H25N3O4.ClH/c1-27-18-8-7-17(13-19(18)28-2)21(26)24-11-9-23(10-12-24)20(25)16-5-3-15(14-22)4-6-16;/h3-8,13H,9-12,14,22H2,1-2H3;1H. The summed E-state index contributed by atoms with van der Waals surface area (Å²) >= 11 is 0. The number of nitrogens with zero attached hydrogens (tertiary/aromatic N) is 2. The van der Waals surface area contributed by atoms with Crippen molar-refractivity contribution >= 4 is 24.2 Å². The number of rotatable bonds is 5. The molecule has 0 spiro atoms. The van der Waals surface area contributed by atoms with Gasteiger partial charge in [-0.2, -0.15) is 0 Å². The highest BCUT2D eigenvalue weighted by Crippen LogP contribution is 2.28. The lowest BCUT2D eigenvalue weighted by Crippen LogP contribution is -2.50. The molecule has 0 aromatic heterocycles. The van der Waals surface area contributed by atoms with Crippen LogP contribution in [0, 0.1) is 0 Å². The Kier molecular flexibility index (Phi) is 7.87. The van der Waals surface area contributed by atoms with Crippen molar-refractivity contribution in [2.24, 2.45) is 5.73 Å². The Balaban J connectivity index is 0.00000300. The molecule has 2 N–H and O–H groups in total. The second-order valence-electron chi connectivity index (χ2n) is 6.56. The molecule has 156 valence electrons. The van der Waals surface area contributed by atoms with Crippen LogP contribution >= 0.6 is 12.4 Å². The summed E-state index contributed by atoms with van der Waals surface area (Å²) in [5.41, 5.74) is 7.76. The first-order valence-corrected chi connectivity index (χ1v) is 9.17. The molecule has 1 fully saturated rings. The van der Waals surface area contributed by atoms with E-state index in [-0.39, 0.29) is 24.2 Å². The van der Waals surface area contributed by atoms with Crippen molar-refractivity contribution in [1.82, 2.24) is 9.80 Å². The Morgan fingerprint density at radius 2 is 1.31 bits per heavy atom. The van der Waals surface area contributed by atoms with Gasteiger partial charge in [0.2, 0.25) is 0 Å². The van der Waals surface area contributed by atoms with Gasteiger partial charge in [0.05, 0.1) is 14.2 Å². The van der Waals surface area contributed by atoms with Gasteiger partial charge in [-0.3, -0.25) is 9.59 Å². The summed E-state index contributed by atoms with van der Waals surface area (Å²) in [5, 5.41) is 0. The van der Waals surface area contributed by atoms with Crippen LogP contribution in [0.3, 0.4) is 0 Å². The van der Waals surface area contributed by atoms with Crippen LogP contribution < -0.4 is 15.2 Å². The van der Waals surface area contributed by atoms with Crippen LogP contribution in [0.1, 0.15) is 26.3 Å². The molecule has 0 unspecified atom stereocenters. The van der Waals surface area contributed by atoms with E-state index in [0.29, 0.717) is 55.3 Å². The van der Waals surface area contributed by atoms with E-state index in [1.807, 2.05) is 12.1 Å². The van der Waals surface area contributed by atoms with Crippen molar-refractivity contribution in [3.05, 3.63) is 59.2 Å². The Morgan fingerprint density at radius 1 is 0.828 bits per heavy atom. The fraction of sp³-hybridized carbons (Fsp3) is 0.333. The molecule has 0 aliphatic carbocycles. The van der Waals surface area contributed by atoms with Gasteiger partial charge in [-0.25, -0.2) is 0 Å². The van der Waals surface area contributed by atoms with Gasteiger partial charge < -0.3 is 25.0 Å². The first-order chi connectivity index (χ1) is 13.6.